The fourth-order valence-corrected chi connectivity index (χ4v) is 3.76. The highest BCUT2D eigenvalue weighted by molar-refractivity contribution is 7.89. The molecule has 0 heterocycles. The molecule has 0 aliphatic heterocycles. The Morgan fingerprint density at radius 1 is 1.30 bits per heavy atom. The van der Waals surface area contributed by atoms with E-state index in [2.05, 4.69) is 0 Å². The van der Waals surface area contributed by atoms with Gasteiger partial charge in [-0.3, -0.25) is 0 Å². The molecule has 114 valence electrons. The van der Waals surface area contributed by atoms with Crippen LogP contribution in [0.3, 0.4) is 0 Å². The fraction of sp³-hybridized carbons (Fsp3) is 0.571. The summed E-state index contributed by atoms with van der Waals surface area (Å²) < 4.78 is 31.6. The normalized spacial score (nSPS) is 12.2. The fourth-order valence-electron chi connectivity index (χ4n) is 2.20. The first-order chi connectivity index (χ1) is 9.42. The number of hydrogen-bond donors (Lipinski definition) is 1. The Kier molecular flexibility index (Phi) is 5.98. The standard InChI is InChI=1S/C14H23NO4S/c1-5-12(6-2)15(3)20(17,18)13-7-8-14(19-4)11(9-13)10-16/h7-9,12,16H,5-6,10H2,1-4H3. The molecule has 0 aliphatic carbocycles. The predicted molar refractivity (Wildman–Crippen MR) is 78.2 cm³/mol. The molecule has 6 heteroatoms. The summed E-state index contributed by atoms with van der Waals surface area (Å²) in [5, 5.41) is 9.29. The SMILES string of the molecule is CCC(CC)N(C)S(=O)(=O)c1ccc(OC)c(CO)c1. The third-order valence-corrected chi connectivity index (χ3v) is 5.46. The van der Waals surface area contributed by atoms with Crippen LogP contribution in [0.5, 0.6) is 5.75 Å². The third kappa shape index (κ3) is 3.31. The van der Waals surface area contributed by atoms with Gasteiger partial charge in [0.15, 0.2) is 0 Å². The summed E-state index contributed by atoms with van der Waals surface area (Å²) in [5.74, 6) is 0.483. The molecule has 0 radical (unpaired) electrons. The smallest absolute Gasteiger partial charge is 0.243 e. The van der Waals surface area contributed by atoms with E-state index in [9.17, 15) is 13.5 Å². The average molecular weight is 301 g/mol. The Hall–Kier alpha value is -1.11. The molecule has 20 heavy (non-hydrogen) atoms. The molecule has 1 rings (SSSR count). The van der Waals surface area contributed by atoms with E-state index < -0.39 is 10.0 Å². The molecule has 0 saturated carbocycles. The second kappa shape index (κ2) is 7.06. The lowest BCUT2D eigenvalue weighted by Crippen LogP contribution is -2.36. The number of benzene rings is 1. The Morgan fingerprint density at radius 3 is 2.35 bits per heavy atom. The van der Waals surface area contributed by atoms with Gasteiger partial charge in [-0.05, 0) is 31.0 Å². The lowest BCUT2D eigenvalue weighted by molar-refractivity contribution is 0.273. The Bertz CT molecular complexity index is 538. The van der Waals surface area contributed by atoms with E-state index in [0.717, 1.165) is 12.8 Å². The van der Waals surface area contributed by atoms with Crippen LogP contribution in [0.4, 0.5) is 0 Å². The van der Waals surface area contributed by atoms with Crippen LogP contribution in [-0.4, -0.2) is 38.0 Å². The van der Waals surface area contributed by atoms with E-state index in [1.54, 1.807) is 13.1 Å². The molecule has 0 saturated heterocycles. The molecule has 0 spiro atoms. The minimum atomic E-state index is -3.55. The van der Waals surface area contributed by atoms with Gasteiger partial charge in [-0.15, -0.1) is 0 Å². The summed E-state index contributed by atoms with van der Waals surface area (Å²) in [4.78, 5) is 0.178. The van der Waals surface area contributed by atoms with Crippen molar-refractivity contribution in [3.05, 3.63) is 23.8 Å². The second-order valence-corrected chi connectivity index (χ2v) is 6.62. The van der Waals surface area contributed by atoms with Gasteiger partial charge in [-0.2, -0.15) is 4.31 Å². The number of aliphatic hydroxyl groups excluding tert-OH is 1. The molecule has 0 amide bonds. The van der Waals surface area contributed by atoms with E-state index in [-0.39, 0.29) is 17.5 Å². The number of ether oxygens (including phenoxy) is 1. The lowest BCUT2D eigenvalue weighted by atomic mass is 10.2. The highest BCUT2D eigenvalue weighted by atomic mass is 32.2. The quantitative estimate of drug-likeness (QED) is 0.836. The number of hydrogen-bond acceptors (Lipinski definition) is 4. The minimum absolute atomic E-state index is 0.0281. The van der Waals surface area contributed by atoms with Crippen LogP contribution in [0.1, 0.15) is 32.3 Å². The van der Waals surface area contributed by atoms with E-state index in [1.165, 1.54) is 23.5 Å². The maximum Gasteiger partial charge on any atom is 0.243 e. The van der Waals surface area contributed by atoms with Crippen molar-refractivity contribution in [3.63, 3.8) is 0 Å². The summed E-state index contributed by atoms with van der Waals surface area (Å²) in [6.07, 6.45) is 1.52. The monoisotopic (exact) mass is 301 g/mol. The van der Waals surface area contributed by atoms with Crippen molar-refractivity contribution in [1.29, 1.82) is 0 Å². The van der Waals surface area contributed by atoms with Crippen LogP contribution in [0, 0.1) is 0 Å². The third-order valence-electron chi connectivity index (χ3n) is 3.56. The minimum Gasteiger partial charge on any atom is -0.496 e. The Labute approximate surface area is 121 Å². The van der Waals surface area contributed by atoms with Gasteiger partial charge in [0, 0.05) is 18.7 Å². The number of nitrogens with zero attached hydrogens (tertiary/aromatic N) is 1. The molecule has 5 nitrogen and oxygen atoms in total. The zero-order chi connectivity index (χ0) is 15.3. The average Bonchev–Trinajstić information content (AvgIpc) is 2.47. The highest BCUT2D eigenvalue weighted by Gasteiger charge is 2.26. The zero-order valence-corrected chi connectivity index (χ0v) is 13.3. The first-order valence-electron chi connectivity index (χ1n) is 6.68. The number of aliphatic hydroxyl groups is 1. The van der Waals surface area contributed by atoms with Crippen molar-refractivity contribution in [3.8, 4) is 5.75 Å². The molecule has 0 unspecified atom stereocenters. The van der Waals surface area contributed by atoms with Gasteiger partial charge in [-0.1, -0.05) is 13.8 Å². The summed E-state index contributed by atoms with van der Waals surface area (Å²) >= 11 is 0. The molecular weight excluding hydrogens is 278 g/mol. The second-order valence-electron chi connectivity index (χ2n) is 4.62. The molecule has 0 bridgehead atoms. The van der Waals surface area contributed by atoms with Crippen LogP contribution in [0.2, 0.25) is 0 Å². The first kappa shape index (κ1) is 16.9. The van der Waals surface area contributed by atoms with Crippen molar-refractivity contribution >= 4 is 10.0 Å². The number of sulfonamides is 1. The molecule has 0 fully saturated rings. The molecule has 1 aromatic rings. The van der Waals surface area contributed by atoms with Crippen LogP contribution in [0.15, 0.2) is 23.1 Å². The van der Waals surface area contributed by atoms with Crippen LogP contribution in [-0.2, 0) is 16.6 Å². The van der Waals surface area contributed by atoms with Crippen LogP contribution in [0.25, 0.3) is 0 Å². The lowest BCUT2D eigenvalue weighted by Gasteiger charge is -2.25. The highest BCUT2D eigenvalue weighted by Crippen LogP contribution is 2.25. The van der Waals surface area contributed by atoms with Crippen molar-refractivity contribution in [1.82, 2.24) is 4.31 Å². The molecule has 0 aliphatic rings. The van der Waals surface area contributed by atoms with Gasteiger partial charge in [0.25, 0.3) is 0 Å². The van der Waals surface area contributed by atoms with Gasteiger partial charge in [0.1, 0.15) is 5.75 Å². The van der Waals surface area contributed by atoms with E-state index in [0.29, 0.717) is 11.3 Å². The molecule has 0 atom stereocenters. The van der Waals surface area contributed by atoms with E-state index in [1.807, 2.05) is 13.8 Å². The van der Waals surface area contributed by atoms with Gasteiger partial charge in [0.2, 0.25) is 10.0 Å². The van der Waals surface area contributed by atoms with Gasteiger partial charge < -0.3 is 9.84 Å². The summed E-state index contributed by atoms with van der Waals surface area (Å²) in [7, 11) is -0.475. The largest absolute Gasteiger partial charge is 0.496 e. The van der Waals surface area contributed by atoms with Gasteiger partial charge in [-0.25, -0.2) is 8.42 Å². The van der Waals surface area contributed by atoms with Crippen molar-refractivity contribution < 1.29 is 18.3 Å². The van der Waals surface area contributed by atoms with Crippen molar-refractivity contribution in [2.24, 2.45) is 0 Å². The summed E-state index contributed by atoms with van der Waals surface area (Å²) in [6, 6.07) is 4.51. The molecular formula is C14H23NO4S. The maximum absolute atomic E-state index is 12.6. The Balaban J connectivity index is 3.22. The van der Waals surface area contributed by atoms with Gasteiger partial charge >= 0.3 is 0 Å². The van der Waals surface area contributed by atoms with Gasteiger partial charge in [0.05, 0.1) is 18.6 Å². The Morgan fingerprint density at radius 2 is 1.90 bits per heavy atom. The van der Waals surface area contributed by atoms with E-state index >= 15 is 0 Å². The molecule has 1 aromatic carbocycles. The van der Waals surface area contributed by atoms with Crippen LogP contribution >= 0.6 is 0 Å². The topological polar surface area (TPSA) is 66.8 Å². The number of methoxy groups -OCH3 is 1. The van der Waals surface area contributed by atoms with Crippen molar-refractivity contribution in [2.75, 3.05) is 14.2 Å². The molecule has 0 aromatic heterocycles. The first-order valence-corrected chi connectivity index (χ1v) is 8.12. The van der Waals surface area contributed by atoms with E-state index in [4.69, 9.17) is 4.74 Å². The maximum atomic E-state index is 12.6. The molecule has 1 N–H and O–H groups in total. The summed E-state index contributed by atoms with van der Waals surface area (Å²) in [6.45, 7) is 3.67. The van der Waals surface area contributed by atoms with Crippen LogP contribution < -0.4 is 4.74 Å². The predicted octanol–water partition coefficient (Wildman–Crippen LogP) is 2.00. The summed E-state index contributed by atoms with van der Waals surface area (Å²) in [5.41, 5.74) is 0.464. The zero-order valence-electron chi connectivity index (χ0n) is 12.5. The van der Waals surface area contributed by atoms with Crippen molar-refractivity contribution in [2.45, 2.75) is 44.2 Å². The number of rotatable bonds is 7.